The monoisotopic (exact) mass is 241 g/mol. The van der Waals surface area contributed by atoms with E-state index in [2.05, 4.69) is 30.8 Å². The third kappa shape index (κ3) is 5.50. The summed E-state index contributed by atoms with van der Waals surface area (Å²) in [6.45, 7) is 8.30. The summed E-state index contributed by atoms with van der Waals surface area (Å²) < 4.78 is 0. The molecular formula is C13H27N3O. The van der Waals surface area contributed by atoms with E-state index in [9.17, 15) is 4.79 Å². The van der Waals surface area contributed by atoms with E-state index in [1.807, 2.05) is 4.90 Å². The van der Waals surface area contributed by atoms with Crippen LogP contribution in [0.2, 0.25) is 0 Å². The molecule has 17 heavy (non-hydrogen) atoms. The largest absolute Gasteiger partial charge is 0.340 e. The normalized spacial score (nSPS) is 17.8. The third-order valence-electron chi connectivity index (χ3n) is 3.27. The van der Waals surface area contributed by atoms with Gasteiger partial charge in [0.2, 0.25) is 5.91 Å². The number of nitrogens with zero attached hydrogens (tertiary/aromatic N) is 3. The number of hydrogen-bond donors (Lipinski definition) is 0. The molecule has 0 N–H and O–H groups in total. The molecule has 0 bridgehead atoms. The van der Waals surface area contributed by atoms with Crippen molar-refractivity contribution in [2.24, 2.45) is 0 Å². The molecular weight excluding hydrogens is 214 g/mol. The molecule has 1 saturated heterocycles. The highest BCUT2D eigenvalue weighted by atomic mass is 16.2. The van der Waals surface area contributed by atoms with Gasteiger partial charge in [0.15, 0.2) is 0 Å². The van der Waals surface area contributed by atoms with E-state index < -0.39 is 0 Å². The molecule has 0 radical (unpaired) electrons. The fourth-order valence-electron chi connectivity index (χ4n) is 2.20. The lowest BCUT2D eigenvalue weighted by Gasteiger charge is -2.35. The van der Waals surface area contributed by atoms with Crippen molar-refractivity contribution < 1.29 is 4.79 Å². The maximum absolute atomic E-state index is 11.7. The molecule has 1 rings (SSSR count). The molecule has 1 aliphatic heterocycles. The van der Waals surface area contributed by atoms with Crippen molar-refractivity contribution in [3.63, 3.8) is 0 Å². The van der Waals surface area contributed by atoms with Crippen molar-refractivity contribution in [3.8, 4) is 0 Å². The van der Waals surface area contributed by atoms with Gasteiger partial charge in [-0.2, -0.15) is 0 Å². The van der Waals surface area contributed by atoms with Crippen LogP contribution in [0.15, 0.2) is 0 Å². The molecule has 0 atom stereocenters. The summed E-state index contributed by atoms with van der Waals surface area (Å²) in [5, 5.41) is 0. The van der Waals surface area contributed by atoms with Crippen molar-refractivity contribution in [1.29, 1.82) is 0 Å². The van der Waals surface area contributed by atoms with Crippen molar-refractivity contribution in [2.45, 2.75) is 26.2 Å². The summed E-state index contributed by atoms with van der Waals surface area (Å²) in [5.74, 6) is 0.334. The Hall–Kier alpha value is -0.610. The Balaban J connectivity index is 2.15. The van der Waals surface area contributed by atoms with Crippen molar-refractivity contribution >= 4 is 5.91 Å². The Morgan fingerprint density at radius 1 is 1.18 bits per heavy atom. The maximum atomic E-state index is 11.7. The average Bonchev–Trinajstić information content (AvgIpc) is 2.30. The smallest absolute Gasteiger partial charge is 0.222 e. The van der Waals surface area contributed by atoms with Gasteiger partial charge in [-0.25, -0.2) is 0 Å². The van der Waals surface area contributed by atoms with Gasteiger partial charge in [0.1, 0.15) is 0 Å². The number of hydrogen-bond acceptors (Lipinski definition) is 3. The predicted octanol–water partition coefficient (Wildman–Crippen LogP) is 0.882. The van der Waals surface area contributed by atoms with Gasteiger partial charge in [0.25, 0.3) is 0 Å². The standard InChI is InChI=1S/C13H27N3O/c1-4-6-13(17)16-11-9-15(10-12-16)8-5-7-14(2)3/h4-12H2,1-3H3. The second kappa shape index (κ2) is 7.67. The van der Waals surface area contributed by atoms with Gasteiger partial charge < -0.3 is 9.80 Å². The SMILES string of the molecule is CCCC(=O)N1CCN(CCCN(C)C)CC1. The quantitative estimate of drug-likeness (QED) is 0.691. The Morgan fingerprint density at radius 3 is 2.35 bits per heavy atom. The van der Waals surface area contributed by atoms with Crippen molar-refractivity contribution in [2.75, 3.05) is 53.4 Å². The first kappa shape index (κ1) is 14.5. The van der Waals surface area contributed by atoms with E-state index in [1.54, 1.807) is 0 Å². The summed E-state index contributed by atoms with van der Waals surface area (Å²) in [6.07, 6.45) is 2.89. The molecule has 1 aliphatic rings. The molecule has 0 unspecified atom stereocenters. The topological polar surface area (TPSA) is 26.8 Å². The number of carbonyl (C=O) groups excluding carboxylic acids is 1. The minimum absolute atomic E-state index is 0.334. The number of amides is 1. The minimum atomic E-state index is 0.334. The van der Waals surface area contributed by atoms with Crippen LogP contribution in [0.3, 0.4) is 0 Å². The Kier molecular flexibility index (Phi) is 6.52. The van der Waals surface area contributed by atoms with Crippen LogP contribution in [0.5, 0.6) is 0 Å². The lowest BCUT2D eigenvalue weighted by molar-refractivity contribution is -0.132. The van der Waals surface area contributed by atoms with E-state index >= 15 is 0 Å². The Labute approximate surface area is 106 Å². The van der Waals surface area contributed by atoms with Crippen molar-refractivity contribution in [3.05, 3.63) is 0 Å². The molecule has 1 heterocycles. The van der Waals surface area contributed by atoms with E-state index in [4.69, 9.17) is 0 Å². The summed E-state index contributed by atoms with van der Waals surface area (Å²) in [5.41, 5.74) is 0. The van der Waals surface area contributed by atoms with Gasteiger partial charge in [-0.05, 0) is 40.0 Å². The van der Waals surface area contributed by atoms with Gasteiger partial charge in [-0.15, -0.1) is 0 Å². The fraction of sp³-hybridized carbons (Fsp3) is 0.923. The lowest BCUT2D eigenvalue weighted by atomic mass is 10.2. The molecule has 0 aromatic rings. The van der Waals surface area contributed by atoms with Crippen LogP contribution in [0.4, 0.5) is 0 Å². The van der Waals surface area contributed by atoms with Crippen LogP contribution < -0.4 is 0 Å². The van der Waals surface area contributed by atoms with Gasteiger partial charge >= 0.3 is 0 Å². The highest BCUT2D eigenvalue weighted by Crippen LogP contribution is 2.05. The number of rotatable bonds is 6. The first-order valence-corrected chi connectivity index (χ1v) is 6.78. The molecule has 0 saturated carbocycles. The molecule has 1 fully saturated rings. The zero-order valence-corrected chi connectivity index (χ0v) is 11.6. The number of piperazine rings is 1. The molecule has 0 aromatic heterocycles. The molecule has 0 spiro atoms. The van der Waals surface area contributed by atoms with Gasteiger partial charge in [-0.3, -0.25) is 9.69 Å². The van der Waals surface area contributed by atoms with E-state index in [0.29, 0.717) is 12.3 Å². The third-order valence-corrected chi connectivity index (χ3v) is 3.27. The molecule has 4 heteroatoms. The van der Waals surface area contributed by atoms with Crippen molar-refractivity contribution in [1.82, 2.24) is 14.7 Å². The predicted molar refractivity (Wildman–Crippen MR) is 71.1 cm³/mol. The molecule has 100 valence electrons. The van der Waals surface area contributed by atoms with E-state index in [0.717, 1.165) is 45.7 Å². The lowest BCUT2D eigenvalue weighted by Crippen LogP contribution is -2.49. The van der Waals surface area contributed by atoms with Crippen LogP contribution in [0.1, 0.15) is 26.2 Å². The van der Waals surface area contributed by atoms with Crippen LogP contribution in [-0.4, -0.2) is 74.0 Å². The molecule has 1 amide bonds. The fourth-order valence-corrected chi connectivity index (χ4v) is 2.20. The summed E-state index contributed by atoms with van der Waals surface area (Å²) in [4.78, 5) is 18.4. The first-order chi connectivity index (χ1) is 8.13. The summed E-state index contributed by atoms with van der Waals surface area (Å²) in [6, 6.07) is 0. The summed E-state index contributed by atoms with van der Waals surface area (Å²) >= 11 is 0. The zero-order valence-electron chi connectivity index (χ0n) is 11.6. The summed E-state index contributed by atoms with van der Waals surface area (Å²) in [7, 11) is 4.22. The first-order valence-electron chi connectivity index (χ1n) is 6.78. The Bertz CT molecular complexity index is 223. The average molecular weight is 241 g/mol. The minimum Gasteiger partial charge on any atom is -0.340 e. The van der Waals surface area contributed by atoms with Gasteiger partial charge in [0, 0.05) is 32.6 Å². The Morgan fingerprint density at radius 2 is 1.82 bits per heavy atom. The molecule has 0 aliphatic carbocycles. The second-order valence-electron chi connectivity index (χ2n) is 5.13. The van der Waals surface area contributed by atoms with E-state index in [1.165, 1.54) is 6.42 Å². The maximum Gasteiger partial charge on any atom is 0.222 e. The van der Waals surface area contributed by atoms with Crippen LogP contribution in [0, 0.1) is 0 Å². The van der Waals surface area contributed by atoms with Gasteiger partial charge in [-0.1, -0.05) is 6.92 Å². The van der Waals surface area contributed by atoms with E-state index in [-0.39, 0.29) is 0 Å². The van der Waals surface area contributed by atoms with Gasteiger partial charge in [0.05, 0.1) is 0 Å². The zero-order chi connectivity index (χ0) is 12.7. The van der Waals surface area contributed by atoms with Crippen LogP contribution in [0.25, 0.3) is 0 Å². The van der Waals surface area contributed by atoms with Crippen LogP contribution >= 0.6 is 0 Å². The highest BCUT2D eigenvalue weighted by Gasteiger charge is 2.19. The van der Waals surface area contributed by atoms with Crippen LogP contribution in [-0.2, 0) is 4.79 Å². The second-order valence-corrected chi connectivity index (χ2v) is 5.13. The number of carbonyl (C=O) groups is 1. The molecule has 4 nitrogen and oxygen atoms in total. The molecule has 0 aromatic carbocycles. The highest BCUT2D eigenvalue weighted by molar-refractivity contribution is 5.76.